The third kappa shape index (κ3) is 5.46. The van der Waals surface area contributed by atoms with Crippen LogP contribution in [0.2, 0.25) is 0 Å². The molecule has 3 rings (SSSR count). The maximum absolute atomic E-state index is 12.8. The normalized spacial score (nSPS) is 15.3. The summed E-state index contributed by atoms with van der Waals surface area (Å²) >= 11 is 0. The SMILES string of the molecule is CCOc1ccccc1/C=C/C(=O)Nc1cccc(S(=O)(=O)N2CCCCC2)c1. The average molecular weight is 415 g/mol. The predicted octanol–water partition coefficient (Wildman–Crippen LogP) is 3.91. The van der Waals surface area contributed by atoms with Crippen molar-refractivity contribution < 1.29 is 17.9 Å². The number of hydrogen-bond donors (Lipinski definition) is 1. The van der Waals surface area contributed by atoms with E-state index in [0.717, 1.165) is 24.8 Å². The van der Waals surface area contributed by atoms with E-state index >= 15 is 0 Å². The molecule has 0 unspecified atom stereocenters. The first kappa shape index (κ1) is 21.1. The van der Waals surface area contributed by atoms with E-state index in [9.17, 15) is 13.2 Å². The highest BCUT2D eigenvalue weighted by Crippen LogP contribution is 2.23. The summed E-state index contributed by atoms with van der Waals surface area (Å²) in [5.41, 5.74) is 1.24. The third-order valence-corrected chi connectivity index (χ3v) is 6.58. The van der Waals surface area contributed by atoms with Crippen LogP contribution in [0, 0.1) is 0 Å². The Balaban J connectivity index is 1.71. The molecule has 0 atom stereocenters. The van der Waals surface area contributed by atoms with E-state index in [4.69, 9.17) is 4.74 Å². The molecule has 1 heterocycles. The molecule has 7 heteroatoms. The zero-order valence-electron chi connectivity index (χ0n) is 16.5. The molecular weight excluding hydrogens is 388 g/mol. The molecule has 0 bridgehead atoms. The maximum atomic E-state index is 12.8. The largest absolute Gasteiger partial charge is 0.493 e. The first-order valence-electron chi connectivity index (χ1n) is 9.82. The van der Waals surface area contributed by atoms with E-state index in [-0.39, 0.29) is 10.8 Å². The summed E-state index contributed by atoms with van der Waals surface area (Å²) in [5.74, 6) is 0.359. The number of ether oxygens (including phenoxy) is 1. The smallest absolute Gasteiger partial charge is 0.248 e. The Morgan fingerprint density at radius 3 is 2.62 bits per heavy atom. The second-order valence-electron chi connectivity index (χ2n) is 6.79. The van der Waals surface area contributed by atoms with Crippen LogP contribution in [0.25, 0.3) is 6.08 Å². The number of sulfonamides is 1. The molecule has 29 heavy (non-hydrogen) atoms. The van der Waals surface area contributed by atoms with Crippen LogP contribution in [-0.4, -0.2) is 38.3 Å². The van der Waals surface area contributed by atoms with Gasteiger partial charge in [0.1, 0.15) is 5.75 Å². The highest BCUT2D eigenvalue weighted by atomic mass is 32.2. The van der Waals surface area contributed by atoms with Crippen LogP contribution in [0.4, 0.5) is 5.69 Å². The first-order valence-corrected chi connectivity index (χ1v) is 11.3. The van der Waals surface area contributed by atoms with Crippen molar-refractivity contribution in [3.63, 3.8) is 0 Å². The average Bonchev–Trinajstić information content (AvgIpc) is 2.74. The van der Waals surface area contributed by atoms with E-state index in [1.165, 1.54) is 16.4 Å². The number of amides is 1. The third-order valence-electron chi connectivity index (χ3n) is 4.69. The second kappa shape index (κ2) is 9.71. The number of nitrogens with zero attached hydrogens (tertiary/aromatic N) is 1. The van der Waals surface area contributed by atoms with Gasteiger partial charge in [-0.3, -0.25) is 4.79 Å². The lowest BCUT2D eigenvalue weighted by molar-refractivity contribution is -0.111. The highest BCUT2D eigenvalue weighted by Gasteiger charge is 2.26. The van der Waals surface area contributed by atoms with Gasteiger partial charge >= 0.3 is 0 Å². The molecule has 154 valence electrons. The van der Waals surface area contributed by atoms with Crippen molar-refractivity contribution in [2.24, 2.45) is 0 Å². The lowest BCUT2D eigenvalue weighted by atomic mass is 10.2. The molecule has 1 N–H and O–H groups in total. The minimum atomic E-state index is -3.54. The predicted molar refractivity (Wildman–Crippen MR) is 114 cm³/mol. The van der Waals surface area contributed by atoms with Crippen LogP contribution in [0.15, 0.2) is 59.5 Å². The maximum Gasteiger partial charge on any atom is 0.248 e. The van der Waals surface area contributed by atoms with Gasteiger partial charge in [-0.05, 0) is 50.1 Å². The van der Waals surface area contributed by atoms with Crippen LogP contribution in [0.5, 0.6) is 5.75 Å². The van der Waals surface area contributed by atoms with Gasteiger partial charge in [-0.25, -0.2) is 8.42 Å². The van der Waals surface area contributed by atoms with Crippen LogP contribution in [0.3, 0.4) is 0 Å². The summed E-state index contributed by atoms with van der Waals surface area (Å²) in [7, 11) is -3.54. The molecular formula is C22H26N2O4S. The number of nitrogens with one attached hydrogen (secondary N) is 1. The number of piperidine rings is 1. The van der Waals surface area contributed by atoms with Gasteiger partial charge in [0, 0.05) is 30.4 Å². The molecule has 1 aliphatic rings. The number of hydrogen-bond acceptors (Lipinski definition) is 4. The fraction of sp³-hybridized carbons (Fsp3) is 0.318. The molecule has 2 aromatic rings. The van der Waals surface area contributed by atoms with Crippen molar-refractivity contribution in [1.29, 1.82) is 0 Å². The van der Waals surface area contributed by atoms with Gasteiger partial charge in [0.2, 0.25) is 15.9 Å². The van der Waals surface area contributed by atoms with Crippen LogP contribution >= 0.6 is 0 Å². The molecule has 6 nitrogen and oxygen atoms in total. The van der Waals surface area contributed by atoms with Crippen molar-refractivity contribution in [3.05, 3.63) is 60.2 Å². The number of para-hydroxylation sites is 1. The lowest BCUT2D eigenvalue weighted by Crippen LogP contribution is -2.35. The van der Waals surface area contributed by atoms with E-state index in [1.54, 1.807) is 24.3 Å². The van der Waals surface area contributed by atoms with Crippen molar-refractivity contribution in [2.75, 3.05) is 25.0 Å². The van der Waals surface area contributed by atoms with Gasteiger partial charge in [-0.15, -0.1) is 0 Å². The van der Waals surface area contributed by atoms with Gasteiger partial charge in [-0.1, -0.05) is 30.7 Å². The molecule has 1 saturated heterocycles. The van der Waals surface area contributed by atoms with E-state index in [2.05, 4.69) is 5.32 Å². The quantitative estimate of drug-likeness (QED) is 0.697. The Morgan fingerprint density at radius 2 is 1.86 bits per heavy atom. The van der Waals surface area contributed by atoms with Gasteiger partial charge in [0.05, 0.1) is 11.5 Å². The number of benzene rings is 2. The molecule has 2 aromatic carbocycles. The van der Waals surface area contributed by atoms with Gasteiger partial charge < -0.3 is 10.1 Å². The summed E-state index contributed by atoms with van der Waals surface area (Å²) in [6, 6.07) is 13.8. The molecule has 1 fully saturated rings. The Morgan fingerprint density at radius 1 is 1.10 bits per heavy atom. The Bertz CT molecular complexity index is 980. The number of anilines is 1. The topological polar surface area (TPSA) is 75.7 Å². The zero-order chi connectivity index (χ0) is 20.7. The van der Waals surface area contributed by atoms with Gasteiger partial charge in [0.15, 0.2) is 0 Å². The van der Waals surface area contributed by atoms with E-state index in [1.807, 2.05) is 31.2 Å². The van der Waals surface area contributed by atoms with Crippen molar-refractivity contribution in [3.8, 4) is 5.75 Å². The van der Waals surface area contributed by atoms with E-state index < -0.39 is 10.0 Å². The molecule has 1 aliphatic heterocycles. The van der Waals surface area contributed by atoms with Crippen molar-refractivity contribution in [2.45, 2.75) is 31.1 Å². The number of rotatable bonds is 7. The molecule has 0 spiro atoms. The van der Waals surface area contributed by atoms with Crippen LogP contribution in [0.1, 0.15) is 31.7 Å². The summed E-state index contributed by atoms with van der Waals surface area (Å²) in [4.78, 5) is 12.5. The minimum Gasteiger partial charge on any atom is -0.493 e. The fourth-order valence-electron chi connectivity index (χ4n) is 3.24. The van der Waals surface area contributed by atoms with Crippen LogP contribution in [-0.2, 0) is 14.8 Å². The lowest BCUT2D eigenvalue weighted by Gasteiger charge is -2.26. The Hall–Kier alpha value is -2.64. The molecule has 0 radical (unpaired) electrons. The van der Waals surface area contributed by atoms with Crippen molar-refractivity contribution in [1.82, 2.24) is 4.31 Å². The summed E-state index contributed by atoms with van der Waals surface area (Å²) < 4.78 is 32.7. The number of carbonyl (C=O) groups excluding carboxylic acids is 1. The molecule has 1 amide bonds. The fourth-order valence-corrected chi connectivity index (χ4v) is 4.81. The Labute approximate surface area is 172 Å². The summed E-state index contributed by atoms with van der Waals surface area (Å²) in [6.07, 6.45) is 5.90. The highest BCUT2D eigenvalue weighted by molar-refractivity contribution is 7.89. The Kier molecular flexibility index (Phi) is 7.06. The monoisotopic (exact) mass is 414 g/mol. The van der Waals surface area contributed by atoms with Crippen LogP contribution < -0.4 is 10.1 Å². The zero-order valence-corrected chi connectivity index (χ0v) is 17.3. The van der Waals surface area contributed by atoms with E-state index in [0.29, 0.717) is 31.1 Å². The van der Waals surface area contributed by atoms with Gasteiger partial charge in [0.25, 0.3) is 0 Å². The minimum absolute atomic E-state index is 0.197. The molecule has 0 aliphatic carbocycles. The molecule has 0 aromatic heterocycles. The molecule has 0 saturated carbocycles. The summed E-state index contributed by atoms with van der Waals surface area (Å²) in [6.45, 7) is 3.52. The van der Waals surface area contributed by atoms with Crippen molar-refractivity contribution >= 4 is 27.7 Å². The standard InChI is InChI=1S/C22H26N2O4S/c1-2-28-21-12-5-4-9-18(21)13-14-22(25)23-19-10-8-11-20(17-19)29(26,27)24-15-6-3-7-16-24/h4-5,8-14,17H,2-3,6-7,15-16H2,1H3,(H,23,25)/b14-13+. The summed E-state index contributed by atoms with van der Waals surface area (Å²) in [5, 5.41) is 2.73. The van der Waals surface area contributed by atoms with Gasteiger partial charge in [-0.2, -0.15) is 4.31 Å². The second-order valence-corrected chi connectivity index (χ2v) is 8.72. The first-order chi connectivity index (χ1) is 14.0. The number of carbonyl (C=O) groups is 1.